The molecule has 1 amide bonds. The van der Waals surface area contributed by atoms with Gasteiger partial charge in [-0.1, -0.05) is 17.9 Å². The van der Waals surface area contributed by atoms with E-state index in [9.17, 15) is 9.59 Å². The quantitative estimate of drug-likeness (QED) is 0.403. The molecule has 0 aliphatic carbocycles. The Kier molecular flexibility index (Phi) is 5.14. The van der Waals surface area contributed by atoms with E-state index in [1.54, 1.807) is 72.1 Å². The normalized spacial score (nSPS) is 11.9. The van der Waals surface area contributed by atoms with E-state index >= 15 is 0 Å². The fourth-order valence-corrected chi connectivity index (χ4v) is 3.74. The Morgan fingerprint density at radius 3 is 2.88 bits per heavy atom. The number of amides is 1. The summed E-state index contributed by atoms with van der Waals surface area (Å²) >= 11 is 0. The van der Waals surface area contributed by atoms with E-state index < -0.39 is 6.04 Å². The smallest absolute Gasteiger partial charge is 0.260 e. The third-order valence-electron chi connectivity index (χ3n) is 5.35. The van der Waals surface area contributed by atoms with E-state index in [1.165, 1.54) is 0 Å². The highest BCUT2D eigenvalue weighted by atomic mass is 16.2. The van der Waals surface area contributed by atoms with Gasteiger partial charge in [0, 0.05) is 31.2 Å². The van der Waals surface area contributed by atoms with E-state index in [0.717, 1.165) is 5.56 Å². The Hall–Kier alpha value is -4.78. The number of carbonyl (C=O) groups is 1. The standard InChI is InChI=1S/C24H20N8O2/c1-14-19(22-25-10-5-11-32(22)30-14)23(33)27-15(2)21-28-18-7-4-6-17(20(18)24(34)29-21)9-8-16-12-26-31(3)13-16/h4-7,10-13,15H,1-3H3,(H,27,33)(H,28,29,34)/t15-/m0/s1. The highest BCUT2D eigenvalue weighted by Gasteiger charge is 2.21. The Balaban J connectivity index is 1.46. The SMILES string of the molecule is Cc1nn2cccnc2c1C(=O)N[C@@H](C)c1nc2cccc(C#Cc3cnn(C)c3)c2c(=O)[nH]1. The van der Waals surface area contributed by atoms with Crippen molar-refractivity contribution in [3.8, 4) is 11.8 Å². The van der Waals surface area contributed by atoms with Gasteiger partial charge in [-0.25, -0.2) is 14.5 Å². The summed E-state index contributed by atoms with van der Waals surface area (Å²) < 4.78 is 3.22. The maximum atomic E-state index is 13.0. The molecule has 0 fully saturated rings. The molecular formula is C24H20N8O2. The van der Waals surface area contributed by atoms with Gasteiger partial charge in [0.05, 0.1) is 34.4 Å². The van der Waals surface area contributed by atoms with E-state index in [0.29, 0.717) is 39.2 Å². The van der Waals surface area contributed by atoms with Crippen LogP contribution < -0.4 is 10.9 Å². The molecule has 10 heteroatoms. The second-order valence-electron chi connectivity index (χ2n) is 7.85. The number of aromatic amines is 1. The lowest BCUT2D eigenvalue weighted by Crippen LogP contribution is -2.30. The van der Waals surface area contributed by atoms with Gasteiger partial charge in [0.15, 0.2) is 5.65 Å². The summed E-state index contributed by atoms with van der Waals surface area (Å²) in [6.07, 6.45) is 6.79. The molecule has 0 bridgehead atoms. The molecule has 4 aromatic heterocycles. The van der Waals surface area contributed by atoms with Gasteiger partial charge in [0.25, 0.3) is 11.5 Å². The molecule has 0 saturated carbocycles. The molecule has 5 aromatic rings. The number of nitrogens with one attached hydrogen (secondary N) is 2. The number of fused-ring (bicyclic) bond motifs is 2. The van der Waals surface area contributed by atoms with Crippen LogP contribution in [0.15, 0.2) is 53.8 Å². The molecule has 0 spiro atoms. The molecule has 10 nitrogen and oxygen atoms in total. The van der Waals surface area contributed by atoms with Crippen molar-refractivity contribution in [2.75, 3.05) is 0 Å². The first kappa shape index (κ1) is 21.1. The van der Waals surface area contributed by atoms with Gasteiger partial charge in [-0.3, -0.25) is 14.3 Å². The Bertz CT molecular complexity index is 1680. The van der Waals surface area contributed by atoms with Crippen LogP contribution in [0.25, 0.3) is 16.6 Å². The lowest BCUT2D eigenvalue weighted by molar-refractivity contribution is 0.0939. The number of benzene rings is 1. The van der Waals surface area contributed by atoms with Gasteiger partial charge in [0.2, 0.25) is 0 Å². The number of aryl methyl sites for hydroxylation is 2. The molecule has 0 aliphatic rings. The maximum absolute atomic E-state index is 13.0. The van der Waals surface area contributed by atoms with E-state index in [4.69, 9.17) is 0 Å². The second-order valence-corrected chi connectivity index (χ2v) is 7.85. The molecule has 5 rings (SSSR count). The van der Waals surface area contributed by atoms with Crippen LogP contribution >= 0.6 is 0 Å². The minimum Gasteiger partial charge on any atom is -0.342 e. The molecule has 168 valence electrons. The molecule has 4 heterocycles. The minimum atomic E-state index is -0.562. The zero-order chi connectivity index (χ0) is 23.8. The summed E-state index contributed by atoms with van der Waals surface area (Å²) in [7, 11) is 1.81. The second kappa shape index (κ2) is 8.29. The van der Waals surface area contributed by atoms with E-state index in [1.807, 2.05) is 7.05 Å². The van der Waals surface area contributed by atoms with Gasteiger partial charge in [-0.15, -0.1) is 0 Å². The lowest BCUT2D eigenvalue weighted by atomic mass is 10.1. The van der Waals surface area contributed by atoms with Gasteiger partial charge >= 0.3 is 0 Å². The number of H-pyrrole nitrogens is 1. The van der Waals surface area contributed by atoms with Crippen LogP contribution in [0.5, 0.6) is 0 Å². The van der Waals surface area contributed by atoms with Crippen molar-refractivity contribution < 1.29 is 4.79 Å². The summed E-state index contributed by atoms with van der Waals surface area (Å²) in [6.45, 7) is 3.50. The molecule has 0 aliphatic heterocycles. The number of rotatable bonds is 3. The number of carbonyl (C=O) groups excluding carboxylic acids is 1. The third kappa shape index (κ3) is 3.80. The fraction of sp³-hybridized carbons (Fsp3) is 0.167. The summed E-state index contributed by atoms with van der Waals surface area (Å²) in [6, 6.07) is 6.49. The highest BCUT2D eigenvalue weighted by molar-refractivity contribution is 6.01. The van der Waals surface area contributed by atoms with Crippen molar-refractivity contribution in [1.82, 2.24) is 39.7 Å². The Morgan fingerprint density at radius 1 is 1.24 bits per heavy atom. The summed E-state index contributed by atoms with van der Waals surface area (Å²) in [5, 5.41) is 11.7. The van der Waals surface area contributed by atoms with Gasteiger partial charge in [0.1, 0.15) is 11.4 Å². The Labute approximate surface area is 193 Å². The van der Waals surface area contributed by atoms with Crippen molar-refractivity contribution in [3.63, 3.8) is 0 Å². The average Bonchev–Trinajstić information content (AvgIpc) is 3.38. The lowest BCUT2D eigenvalue weighted by Gasteiger charge is -2.14. The molecule has 1 atom stereocenters. The minimum absolute atomic E-state index is 0.328. The van der Waals surface area contributed by atoms with Crippen LogP contribution in [-0.2, 0) is 7.05 Å². The van der Waals surface area contributed by atoms with Crippen LogP contribution in [-0.4, -0.2) is 40.3 Å². The Morgan fingerprint density at radius 2 is 2.09 bits per heavy atom. The molecule has 1 aromatic carbocycles. The van der Waals surface area contributed by atoms with Crippen LogP contribution in [0.1, 0.15) is 46.0 Å². The van der Waals surface area contributed by atoms with Crippen molar-refractivity contribution in [3.05, 3.63) is 87.6 Å². The highest BCUT2D eigenvalue weighted by Crippen LogP contribution is 2.17. The third-order valence-corrected chi connectivity index (χ3v) is 5.35. The zero-order valence-electron chi connectivity index (χ0n) is 18.7. The van der Waals surface area contributed by atoms with Crippen LogP contribution in [0.3, 0.4) is 0 Å². The first-order valence-corrected chi connectivity index (χ1v) is 10.5. The van der Waals surface area contributed by atoms with E-state index in [2.05, 4.69) is 42.3 Å². The van der Waals surface area contributed by atoms with E-state index in [-0.39, 0.29) is 11.5 Å². The zero-order valence-corrected chi connectivity index (χ0v) is 18.7. The summed E-state index contributed by atoms with van der Waals surface area (Å²) in [5.41, 5.74) is 2.86. The van der Waals surface area contributed by atoms with Crippen LogP contribution in [0, 0.1) is 18.8 Å². The van der Waals surface area contributed by atoms with Gasteiger partial charge in [-0.2, -0.15) is 10.2 Å². The molecule has 34 heavy (non-hydrogen) atoms. The van der Waals surface area contributed by atoms with Crippen molar-refractivity contribution >= 4 is 22.5 Å². The number of nitrogens with zero attached hydrogens (tertiary/aromatic N) is 6. The molecule has 0 radical (unpaired) electrons. The molecular weight excluding hydrogens is 432 g/mol. The number of aromatic nitrogens is 7. The van der Waals surface area contributed by atoms with Gasteiger partial charge < -0.3 is 10.3 Å². The summed E-state index contributed by atoms with van der Waals surface area (Å²) in [5.74, 6) is 6.04. The first-order valence-electron chi connectivity index (χ1n) is 10.5. The number of hydrogen-bond acceptors (Lipinski definition) is 6. The van der Waals surface area contributed by atoms with Crippen LogP contribution in [0.4, 0.5) is 0 Å². The first-order chi connectivity index (χ1) is 16.4. The van der Waals surface area contributed by atoms with Gasteiger partial charge in [-0.05, 0) is 32.0 Å². The van der Waals surface area contributed by atoms with Crippen LogP contribution in [0.2, 0.25) is 0 Å². The predicted octanol–water partition coefficient (Wildman–Crippen LogP) is 1.90. The molecule has 0 unspecified atom stereocenters. The molecule has 2 N–H and O–H groups in total. The predicted molar refractivity (Wildman–Crippen MR) is 125 cm³/mol. The molecule has 0 saturated heterocycles. The summed E-state index contributed by atoms with van der Waals surface area (Å²) in [4.78, 5) is 37.6. The maximum Gasteiger partial charge on any atom is 0.260 e. The monoisotopic (exact) mass is 452 g/mol. The van der Waals surface area contributed by atoms with Crippen molar-refractivity contribution in [2.45, 2.75) is 19.9 Å². The van der Waals surface area contributed by atoms with Crippen molar-refractivity contribution in [1.29, 1.82) is 0 Å². The van der Waals surface area contributed by atoms with Crippen molar-refractivity contribution in [2.24, 2.45) is 7.05 Å². The number of hydrogen-bond donors (Lipinski definition) is 2. The largest absolute Gasteiger partial charge is 0.342 e. The average molecular weight is 452 g/mol. The fourth-order valence-electron chi connectivity index (χ4n) is 3.74. The topological polar surface area (TPSA) is 123 Å².